The minimum atomic E-state index is -0.191. The Morgan fingerprint density at radius 1 is 1.15 bits per heavy atom. The lowest BCUT2D eigenvalue weighted by Crippen LogP contribution is -2.20. The monoisotopic (exact) mass is 362 g/mol. The van der Waals surface area contributed by atoms with Crippen molar-refractivity contribution in [1.29, 1.82) is 0 Å². The fourth-order valence-electron chi connectivity index (χ4n) is 3.23. The summed E-state index contributed by atoms with van der Waals surface area (Å²) in [5, 5.41) is 11.5. The number of nitrogens with one attached hydrogen (secondary N) is 1. The van der Waals surface area contributed by atoms with Gasteiger partial charge in [-0.25, -0.2) is 0 Å². The molecule has 0 bridgehead atoms. The van der Waals surface area contributed by atoms with Crippen LogP contribution in [0.25, 0.3) is 11.4 Å². The Kier molecular flexibility index (Phi) is 4.87. The molecule has 6 nitrogen and oxygen atoms in total. The van der Waals surface area contributed by atoms with E-state index in [1.165, 1.54) is 0 Å². The van der Waals surface area contributed by atoms with Crippen molar-refractivity contribution in [3.63, 3.8) is 0 Å². The second-order valence-corrected chi connectivity index (χ2v) is 6.78. The molecular weight excluding hydrogens is 340 g/mol. The number of ether oxygens (including phenoxy) is 1. The highest BCUT2D eigenvalue weighted by Gasteiger charge is 2.17. The van der Waals surface area contributed by atoms with Crippen molar-refractivity contribution >= 4 is 11.6 Å². The summed E-state index contributed by atoms with van der Waals surface area (Å²) in [6, 6.07) is 15.3. The third-order valence-corrected chi connectivity index (χ3v) is 4.66. The Labute approximate surface area is 158 Å². The van der Waals surface area contributed by atoms with E-state index >= 15 is 0 Å². The number of rotatable bonds is 5. The van der Waals surface area contributed by atoms with Gasteiger partial charge in [-0.3, -0.25) is 4.79 Å². The summed E-state index contributed by atoms with van der Waals surface area (Å²) in [6.45, 7) is 2.91. The van der Waals surface area contributed by atoms with E-state index in [1.807, 2.05) is 55.5 Å². The number of carbonyl (C=O) groups excluding carboxylic acids is 1. The number of hydrogen-bond acceptors (Lipinski definition) is 4. The van der Waals surface area contributed by atoms with Crippen LogP contribution in [0.15, 0.2) is 48.5 Å². The normalized spacial score (nSPS) is 13.1. The Balaban J connectivity index is 1.41. The molecule has 0 saturated heterocycles. The molecule has 2 heterocycles. The Bertz CT molecular complexity index is 947. The lowest BCUT2D eigenvalue weighted by Gasteiger charge is -2.15. The zero-order valence-corrected chi connectivity index (χ0v) is 15.3. The number of nitrogens with zero attached hydrogens (tertiary/aromatic N) is 3. The summed E-state index contributed by atoms with van der Waals surface area (Å²) in [6.07, 6.45) is 3.28. The maximum atomic E-state index is 12.1. The molecule has 27 heavy (non-hydrogen) atoms. The molecular formula is C21H22N4O2. The van der Waals surface area contributed by atoms with E-state index in [-0.39, 0.29) is 12.5 Å². The second kappa shape index (κ2) is 7.61. The van der Waals surface area contributed by atoms with Crippen molar-refractivity contribution in [2.45, 2.75) is 32.7 Å². The van der Waals surface area contributed by atoms with Crippen LogP contribution in [-0.2, 0) is 17.8 Å². The van der Waals surface area contributed by atoms with Crippen molar-refractivity contribution in [3.8, 4) is 17.1 Å². The fourth-order valence-corrected chi connectivity index (χ4v) is 3.23. The molecule has 0 fully saturated rings. The maximum absolute atomic E-state index is 12.1. The number of aromatic nitrogens is 3. The molecule has 0 aliphatic carbocycles. The van der Waals surface area contributed by atoms with Crippen LogP contribution in [-0.4, -0.2) is 27.3 Å². The van der Waals surface area contributed by atoms with Gasteiger partial charge in [-0.2, -0.15) is 0 Å². The summed E-state index contributed by atoms with van der Waals surface area (Å²) in [7, 11) is 0. The van der Waals surface area contributed by atoms with Gasteiger partial charge in [0.15, 0.2) is 12.4 Å². The van der Waals surface area contributed by atoms with Crippen LogP contribution >= 0.6 is 0 Å². The molecule has 138 valence electrons. The molecule has 1 aromatic heterocycles. The Hall–Kier alpha value is -3.15. The number of benzene rings is 2. The van der Waals surface area contributed by atoms with E-state index in [9.17, 15) is 4.79 Å². The van der Waals surface area contributed by atoms with Gasteiger partial charge in [0.05, 0.1) is 0 Å². The highest BCUT2D eigenvalue weighted by molar-refractivity contribution is 5.91. The molecule has 0 spiro atoms. The summed E-state index contributed by atoms with van der Waals surface area (Å²) < 4.78 is 7.85. The van der Waals surface area contributed by atoms with Gasteiger partial charge in [-0.1, -0.05) is 29.8 Å². The van der Waals surface area contributed by atoms with Gasteiger partial charge < -0.3 is 14.6 Å². The summed E-state index contributed by atoms with van der Waals surface area (Å²) in [5.74, 6) is 2.35. The van der Waals surface area contributed by atoms with E-state index in [0.717, 1.165) is 54.3 Å². The van der Waals surface area contributed by atoms with Gasteiger partial charge in [0.2, 0.25) is 0 Å². The minimum Gasteiger partial charge on any atom is -0.484 e. The SMILES string of the molecule is Cc1ccc(NC(=O)COc2cccc(-c3nnc4n3CCCC4)c2)cc1. The van der Waals surface area contributed by atoms with Crippen molar-refractivity contribution in [2.75, 3.05) is 11.9 Å². The van der Waals surface area contributed by atoms with Gasteiger partial charge in [-0.05, 0) is 44.0 Å². The van der Waals surface area contributed by atoms with Crippen molar-refractivity contribution in [2.24, 2.45) is 0 Å². The molecule has 1 aliphatic rings. The molecule has 3 aromatic rings. The van der Waals surface area contributed by atoms with E-state index in [2.05, 4.69) is 20.1 Å². The average molecular weight is 362 g/mol. The molecule has 0 saturated carbocycles. The molecule has 0 radical (unpaired) electrons. The first-order valence-electron chi connectivity index (χ1n) is 9.21. The fraction of sp³-hybridized carbons (Fsp3) is 0.286. The van der Waals surface area contributed by atoms with Crippen LogP contribution in [0.5, 0.6) is 5.75 Å². The van der Waals surface area contributed by atoms with Crippen LogP contribution in [0.3, 0.4) is 0 Å². The smallest absolute Gasteiger partial charge is 0.262 e. The van der Waals surface area contributed by atoms with Crippen LogP contribution < -0.4 is 10.1 Å². The number of amides is 1. The van der Waals surface area contributed by atoms with Crippen molar-refractivity contribution in [1.82, 2.24) is 14.8 Å². The number of hydrogen-bond donors (Lipinski definition) is 1. The van der Waals surface area contributed by atoms with Gasteiger partial charge in [0.25, 0.3) is 5.91 Å². The molecule has 1 aliphatic heterocycles. The molecule has 0 atom stereocenters. The number of aryl methyl sites for hydroxylation is 2. The summed E-state index contributed by atoms with van der Waals surface area (Å²) >= 11 is 0. The first-order valence-corrected chi connectivity index (χ1v) is 9.21. The average Bonchev–Trinajstić information content (AvgIpc) is 3.13. The van der Waals surface area contributed by atoms with E-state index in [0.29, 0.717) is 5.75 Å². The lowest BCUT2D eigenvalue weighted by atomic mass is 10.1. The zero-order valence-electron chi connectivity index (χ0n) is 15.3. The molecule has 2 aromatic carbocycles. The molecule has 0 unspecified atom stereocenters. The molecule has 1 amide bonds. The topological polar surface area (TPSA) is 69.0 Å². The first-order chi connectivity index (χ1) is 13.2. The number of anilines is 1. The van der Waals surface area contributed by atoms with Crippen molar-refractivity contribution < 1.29 is 9.53 Å². The van der Waals surface area contributed by atoms with Crippen LogP contribution in [0.1, 0.15) is 24.2 Å². The van der Waals surface area contributed by atoms with Gasteiger partial charge >= 0.3 is 0 Å². The maximum Gasteiger partial charge on any atom is 0.262 e. The van der Waals surface area contributed by atoms with E-state index in [4.69, 9.17) is 4.74 Å². The lowest BCUT2D eigenvalue weighted by molar-refractivity contribution is -0.118. The third-order valence-electron chi connectivity index (χ3n) is 4.66. The standard InChI is InChI=1S/C21H22N4O2/c1-15-8-10-17(11-9-15)22-20(26)14-27-18-6-4-5-16(13-18)21-24-23-19-7-2-3-12-25(19)21/h4-6,8-11,13H,2-3,7,12,14H2,1H3,(H,22,26). The number of fused-ring (bicyclic) bond motifs is 1. The van der Waals surface area contributed by atoms with Crippen LogP contribution in [0.4, 0.5) is 5.69 Å². The van der Waals surface area contributed by atoms with Gasteiger partial charge in [0.1, 0.15) is 11.6 Å². The molecule has 4 rings (SSSR count). The van der Waals surface area contributed by atoms with E-state index < -0.39 is 0 Å². The summed E-state index contributed by atoms with van der Waals surface area (Å²) in [5.41, 5.74) is 2.86. The minimum absolute atomic E-state index is 0.0464. The van der Waals surface area contributed by atoms with Crippen LogP contribution in [0, 0.1) is 6.92 Å². The summed E-state index contributed by atoms with van der Waals surface area (Å²) in [4.78, 5) is 12.1. The van der Waals surface area contributed by atoms with Gasteiger partial charge in [-0.15, -0.1) is 10.2 Å². The predicted molar refractivity (Wildman–Crippen MR) is 104 cm³/mol. The highest BCUT2D eigenvalue weighted by Crippen LogP contribution is 2.25. The zero-order chi connectivity index (χ0) is 18.6. The first kappa shape index (κ1) is 17.3. The van der Waals surface area contributed by atoms with Gasteiger partial charge in [0, 0.05) is 24.2 Å². The predicted octanol–water partition coefficient (Wildman–Crippen LogP) is 3.61. The molecule has 6 heteroatoms. The Morgan fingerprint density at radius 3 is 2.85 bits per heavy atom. The second-order valence-electron chi connectivity index (χ2n) is 6.78. The highest BCUT2D eigenvalue weighted by atomic mass is 16.5. The third kappa shape index (κ3) is 4.00. The number of carbonyl (C=O) groups is 1. The van der Waals surface area contributed by atoms with E-state index in [1.54, 1.807) is 0 Å². The van der Waals surface area contributed by atoms with Crippen LogP contribution in [0.2, 0.25) is 0 Å². The quantitative estimate of drug-likeness (QED) is 0.753. The molecule has 1 N–H and O–H groups in total. The van der Waals surface area contributed by atoms with Crippen molar-refractivity contribution in [3.05, 3.63) is 59.9 Å². The Morgan fingerprint density at radius 2 is 2.00 bits per heavy atom. The largest absolute Gasteiger partial charge is 0.484 e.